The monoisotopic (exact) mass is 287 g/mol. The van der Waals surface area contributed by atoms with Crippen molar-refractivity contribution in [1.82, 2.24) is 4.98 Å². The number of hydrogen-bond acceptors (Lipinski definition) is 3. The minimum atomic E-state index is -5.09. The van der Waals surface area contributed by atoms with Gasteiger partial charge in [0.25, 0.3) is 0 Å². The SMILES string of the molecule is CCOC(=O)c1cc(C(F)(F)F)cc(C(F)(F)F)n1. The van der Waals surface area contributed by atoms with Crippen LogP contribution < -0.4 is 0 Å². The summed E-state index contributed by atoms with van der Waals surface area (Å²) in [5, 5.41) is 0. The lowest BCUT2D eigenvalue weighted by atomic mass is 10.1. The number of nitrogens with zero attached hydrogens (tertiary/aromatic N) is 1. The van der Waals surface area contributed by atoms with E-state index >= 15 is 0 Å². The van der Waals surface area contributed by atoms with Gasteiger partial charge in [-0.05, 0) is 19.1 Å². The average molecular weight is 287 g/mol. The number of aromatic nitrogens is 1. The van der Waals surface area contributed by atoms with E-state index in [0.717, 1.165) is 0 Å². The van der Waals surface area contributed by atoms with E-state index in [-0.39, 0.29) is 18.7 Å². The van der Waals surface area contributed by atoms with E-state index < -0.39 is 35.3 Å². The van der Waals surface area contributed by atoms with Crippen molar-refractivity contribution in [2.24, 2.45) is 0 Å². The van der Waals surface area contributed by atoms with Crippen LogP contribution in [0, 0.1) is 0 Å². The molecule has 0 amide bonds. The molecule has 106 valence electrons. The third-order valence-electron chi connectivity index (χ3n) is 1.93. The number of carbonyl (C=O) groups is 1. The maximum absolute atomic E-state index is 12.4. The summed E-state index contributed by atoms with van der Waals surface area (Å²) in [5.74, 6) is -1.35. The topological polar surface area (TPSA) is 39.2 Å². The van der Waals surface area contributed by atoms with Crippen LogP contribution in [0.5, 0.6) is 0 Å². The Morgan fingerprint density at radius 2 is 1.74 bits per heavy atom. The number of ether oxygens (including phenoxy) is 1. The first kappa shape index (κ1) is 15.3. The Morgan fingerprint density at radius 1 is 1.16 bits per heavy atom. The van der Waals surface area contributed by atoms with Gasteiger partial charge in [0.05, 0.1) is 12.2 Å². The van der Waals surface area contributed by atoms with Crippen molar-refractivity contribution in [3.8, 4) is 0 Å². The van der Waals surface area contributed by atoms with Crippen molar-refractivity contribution in [2.75, 3.05) is 6.61 Å². The van der Waals surface area contributed by atoms with Gasteiger partial charge in [-0.2, -0.15) is 26.3 Å². The zero-order valence-electron chi connectivity index (χ0n) is 9.39. The van der Waals surface area contributed by atoms with Crippen LogP contribution >= 0.6 is 0 Å². The van der Waals surface area contributed by atoms with E-state index in [1.807, 2.05) is 0 Å². The number of alkyl halides is 6. The Balaban J connectivity index is 3.37. The van der Waals surface area contributed by atoms with E-state index in [1.165, 1.54) is 6.92 Å². The summed E-state index contributed by atoms with van der Waals surface area (Å²) in [6.07, 6.45) is -10.1. The second-order valence-corrected chi connectivity index (χ2v) is 3.34. The second-order valence-electron chi connectivity index (χ2n) is 3.34. The molecule has 1 rings (SSSR count). The number of rotatable bonds is 2. The van der Waals surface area contributed by atoms with Crippen LogP contribution in [0.4, 0.5) is 26.3 Å². The molecule has 1 aromatic heterocycles. The van der Waals surface area contributed by atoms with Gasteiger partial charge in [0.15, 0.2) is 0 Å². The molecule has 1 heterocycles. The highest BCUT2D eigenvalue weighted by Gasteiger charge is 2.39. The first-order chi connectivity index (χ1) is 8.55. The quantitative estimate of drug-likeness (QED) is 0.619. The Morgan fingerprint density at radius 3 is 2.16 bits per heavy atom. The van der Waals surface area contributed by atoms with Gasteiger partial charge in [-0.15, -0.1) is 0 Å². The van der Waals surface area contributed by atoms with Gasteiger partial charge < -0.3 is 4.74 Å². The fourth-order valence-corrected chi connectivity index (χ4v) is 1.15. The van der Waals surface area contributed by atoms with Gasteiger partial charge in [0.2, 0.25) is 0 Å². The molecular formula is C10H7F6NO2. The molecule has 3 nitrogen and oxygen atoms in total. The Bertz CT molecular complexity index is 448. The molecule has 0 aliphatic rings. The summed E-state index contributed by atoms with van der Waals surface area (Å²) in [7, 11) is 0. The minimum Gasteiger partial charge on any atom is -0.461 e. The molecule has 0 aliphatic carbocycles. The van der Waals surface area contributed by atoms with Crippen LogP contribution in [0.1, 0.15) is 28.7 Å². The molecule has 0 aromatic carbocycles. The highest BCUT2D eigenvalue weighted by Crippen LogP contribution is 2.34. The van der Waals surface area contributed by atoms with Crippen LogP contribution in [-0.2, 0) is 17.1 Å². The molecule has 0 bridgehead atoms. The lowest BCUT2D eigenvalue weighted by Gasteiger charge is -2.12. The predicted molar refractivity (Wildman–Crippen MR) is 50.2 cm³/mol. The standard InChI is InChI=1S/C10H7F6NO2/c1-2-19-8(18)6-3-5(9(11,12)13)4-7(17-6)10(14,15)16/h3-4H,2H2,1H3. The smallest absolute Gasteiger partial charge is 0.433 e. The molecule has 0 atom stereocenters. The number of carbonyl (C=O) groups excluding carboxylic acids is 1. The van der Waals surface area contributed by atoms with Crippen molar-refractivity contribution < 1.29 is 35.9 Å². The summed E-state index contributed by atoms with van der Waals surface area (Å²) in [4.78, 5) is 14.0. The third kappa shape index (κ3) is 3.83. The lowest BCUT2D eigenvalue weighted by molar-refractivity contribution is -0.145. The van der Waals surface area contributed by atoms with Gasteiger partial charge in [-0.25, -0.2) is 9.78 Å². The molecule has 0 fully saturated rings. The van der Waals surface area contributed by atoms with Crippen LogP contribution in [-0.4, -0.2) is 17.6 Å². The Labute approximate surface area is 103 Å². The molecular weight excluding hydrogens is 280 g/mol. The molecule has 0 unspecified atom stereocenters. The van der Waals surface area contributed by atoms with Gasteiger partial charge in [0.1, 0.15) is 11.4 Å². The van der Waals surface area contributed by atoms with Crippen molar-refractivity contribution in [1.29, 1.82) is 0 Å². The van der Waals surface area contributed by atoms with E-state index in [9.17, 15) is 31.1 Å². The molecule has 1 aromatic rings. The highest BCUT2D eigenvalue weighted by molar-refractivity contribution is 5.87. The fraction of sp³-hybridized carbons (Fsp3) is 0.400. The summed E-state index contributed by atoms with van der Waals surface area (Å²) < 4.78 is 78.9. The van der Waals surface area contributed by atoms with E-state index in [0.29, 0.717) is 0 Å². The number of esters is 1. The first-order valence-electron chi connectivity index (χ1n) is 4.89. The zero-order chi connectivity index (χ0) is 14.8. The molecule has 0 saturated heterocycles. The average Bonchev–Trinajstić information content (AvgIpc) is 2.26. The van der Waals surface area contributed by atoms with Crippen LogP contribution in [0.25, 0.3) is 0 Å². The molecule has 0 aliphatic heterocycles. The fourth-order valence-electron chi connectivity index (χ4n) is 1.15. The summed E-state index contributed by atoms with van der Waals surface area (Å²) in [6, 6.07) is 0.0515. The third-order valence-corrected chi connectivity index (χ3v) is 1.93. The summed E-state index contributed by atoms with van der Waals surface area (Å²) in [5.41, 5.74) is -4.45. The number of pyridine rings is 1. The molecule has 0 saturated carbocycles. The van der Waals surface area contributed by atoms with Crippen molar-refractivity contribution in [2.45, 2.75) is 19.3 Å². The van der Waals surface area contributed by atoms with E-state index in [4.69, 9.17) is 0 Å². The van der Waals surface area contributed by atoms with Crippen LogP contribution in [0.15, 0.2) is 12.1 Å². The summed E-state index contributed by atoms with van der Waals surface area (Å²) >= 11 is 0. The summed E-state index contributed by atoms with van der Waals surface area (Å²) in [6.45, 7) is 1.16. The molecule has 9 heteroatoms. The minimum absolute atomic E-state index is 0.164. The molecule has 0 radical (unpaired) electrons. The number of halogens is 6. The van der Waals surface area contributed by atoms with Gasteiger partial charge >= 0.3 is 18.3 Å². The van der Waals surface area contributed by atoms with Crippen molar-refractivity contribution in [3.63, 3.8) is 0 Å². The van der Waals surface area contributed by atoms with Crippen LogP contribution in [0.2, 0.25) is 0 Å². The normalized spacial score (nSPS) is 12.4. The van der Waals surface area contributed by atoms with Gasteiger partial charge in [-0.1, -0.05) is 0 Å². The van der Waals surface area contributed by atoms with Gasteiger partial charge in [0, 0.05) is 0 Å². The van der Waals surface area contributed by atoms with E-state index in [1.54, 1.807) is 0 Å². The maximum atomic E-state index is 12.4. The zero-order valence-corrected chi connectivity index (χ0v) is 9.39. The van der Waals surface area contributed by atoms with E-state index in [2.05, 4.69) is 9.72 Å². The highest BCUT2D eigenvalue weighted by atomic mass is 19.4. The lowest BCUT2D eigenvalue weighted by Crippen LogP contribution is -2.17. The predicted octanol–water partition coefficient (Wildman–Crippen LogP) is 3.30. The largest absolute Gasteiger partial charge is 0.461 e. The molecule has 0 spiro atoms. The molecule has 0 N–H and O–H groups in total. The first-order valence-corrected chi connectivity index (χ1v) is 4.89. The van der Waals surface area contributed by atoms with Crippen molar-refractivity contribution >= 4 is 5.97 Å². The Hall–Kier alpha value is -1.80. The van der Waals surface area contributed by atoms with Crippen LogP contribution in [0.3, 0.4) is 0 Å². The van der Waals surface area contributed by atoms with Gasteiger partial charge in [-0.3, -0.25) is 0 Å². The Kier molecular flexibility index (Phi) is 4.06. The van der Waals surface area contributed by atoms with Crippen molar-refractivity contribution in [3.05, 3.63) is 29.1 Å². The second kappa shape index (κ2) is 5.06. The molecule has 19 heavy (non-hydrogen) atoms. The maximum Gasteiger partial charge on any atom is 0.433 e. The number of hydrogen-bond donors (Lipinski definition) is 0.